The lowest BCUT2D eigenvalue weighted by molar-refractivity contribution is -0.200. The SMILES string of the molecule is CCC(=O)O[C@@]1(C(=O)CF)[C@H](C)C[C@H]2[C@@H]3C=CC4=CC(=O)C=C[C@]4(C)[C@H]3[C@@H](O)C[C@@]21C. The fourth-order valence-electron chi connectivity index (χ4n) is 7.32. The minimum absolute atomic E-state index is 0.0701. The minimum atomic E-state index is -1.59. The number of ketones is 2. The van der Waals surface area contributed by atoms with Crippen molar-refractivity contribution in [2.45, 2.75) is 58.7 Å². The first-order chi connectivity index (χ1) is 14.5. The van der Waals surface area contributed by atoms with Crippen LogP contribution in [0.4, 0.5) is 4.39 Å². The number of esters is 1. The molecule has 2 fully saturated rings. The smallest absolute Gasteiger partial charge is 0.306 e. The lowest BCUT2D eigenvalue weighted by atomic mass is 9.47. The van der Waals surface area contributed by atoms with E-state index in [9.17, 15) is 23.9 Å². The molecular weight excluding hydrogens is 399 g/mol. The van der Waals surface area contributed by atoms with Gasteiger partial charge in [0.25, 0.3) is 0 Å². The summed E-state index contributed by atoms with van der Waals surface area (Å²) in [6, 6.07) is 0. The molecule has 0 aromatic heterocycles. The number of halogens is 1. The van der Waals surface area contributed by atoms with E-state index in [0.717, 1.165) is 5.57 Å². The number of hydrogen-bond donors (Lipinski definition) is 1. The molecule has 4 rings (SSSR count). The van der Waals surface area contributed by atoms with Crippen LogP contribution < -0.4 is 0 Å². The van der Waals surface area contributed by atoms with Gasteiger partial charge in [0.2, 0.25) is 5.78 Å². The number of alkyl halides is 1. The van der Waals surface area contributed by atoms with Crippen LogP contribution in [-0.2, 0) is 19.1 Å². The third-order valence-corrected chi connectivity index (χ3v) is 8.70. The Hall–Kier alpha value is -2.08. The van der Waals surface area contributed by atoms with E-state index in [2.05, 4.69) is 0 Å². The van der Waals surface area contributed by atoms with Gasteiger partial charge in [-0.3, -0.25) is 14.4 Å². The van der Waals surface area contributed by atoms with Crippen LogP contribution in [-0.4, -0.2) is 41.0 Å². The molecule has 1 N–H and O–H groups in total. The van der Waals surface area contributed by atoms with Gasteiger partial charge in [-0.25, -0.2) is 4.39 Å². The summed E-state index contributed by atoms with van der Waals surface area (Å²) < 4.78 is 19.6. The second-order valence-electron chi connectivity index (χ2n) is 10.1. The van der Waals surface area contributed by atoms with E-state index in [-0.39, 0.29) is 42.3 Å². The Morgan fingerprint density at radius 2 is 2.00 bits per heavy atom. The third-order valence-electron chi connectivity index (χ3n) is 8.70. The van der Waals surface area contributed by atoms with Gasteiger partial charge in [-0.1, -0.05) is 45.9 Å². The average molecular weight is 431 g/mol. The first-order valence-electron chi connectivity index (χ1n) is 11.2. The van der Waals surface area contributed by atoms with Crippen molar-refractivity contribution in [2.75, 3.05) is 6.67 Å². The van der Waals surface area contributed by atoms with Crippen LogP contribution in [0, 0.1) is 34.5 Å². The molecule has 0 aliphatic heterocycles. The van der Waals surface area contributed by atoms with Crippen molar-refractivity contribution in [1.82, 2.24) is 0 Å². The molecule has 0 amide bonds. The predicted octanol–water partition coefficient (Wildman–Crippen LogP) is 3.52. The minimum Gasteiger partial charge on any atom is -0.450 e. The van der Waals surface area contributed by atoms with Crippen molar-refractivity contribution >= 4 is 17.5 Å². The summed E-state index contributed by atoms with van der Waals surface area (Å²) in [4.78, 5) is 37.3. The lowest BCUT2D eigenvalue weighted by Crippen LogP contribution is -2.63. The van der Waals surface area contributed by atoms with Crippen LogP contribution in [0.15, 0.2) is 36.0 Å². The summed E-state index contributed by atoms with van der Waals surface area (Å²) in [6.07, 6.45) is 9.13. The maximum Gasteiger partial charge on any atom is 0.306 e. The second kappa shape index (κ2) is 7.22. The zero-order valence-corrected chi connectivity index (χ0v) is 18.6. The first-order valence-corrected chi connectivity index (χ1v) is 11.2. The van der Waals surface area contributed by atoms with Gasteiger partial charge in [0.1, 0.15) is 0 Å². The van der Waals surface area contributed by atoms with E-state index in [0.29, 0.717) is 6.42 Å². The van der Waals surface area contributed by atoms with E-state index in [1.54, 1.807) is 19.1 Å². The fourth-order valence-corrected chi connectivity index (χ4v) is 7.32. The molecule has 0 unspecified atom stereocenters. The molecule has 8 atom stereocenters. The van der Waals surface area contributed by atoms with Crippen LogP contribution >= 0.6 is 0 Å². The number of fused-ring (bicyclic) bond motifs is 5. The van der Waals surface area contributed by atoms with Crippen molar-refractivity contribution in [3.63, 3.8) is 0 Å². The van der Waals surface area contributed by atoms with E-state index < -0.39 is 41.0 Å². The first kappa shape index (κ1) is 22.1. The molecule has 5 nitrogen and oxygen atoms in total. The van der Waals surface area contributed by atoms with E-state index >= 15 is 0 Å². The molecule has 0 saturated heterocycles. The molecule has 4 aliphatic carbocycles. The monoisotopic (exact) mass is 430 g/mol. The maximum atomic E-state index is 13.8. The Morgan fingerprint density at radius 3 is 2.65 bits per heavy atom. The Balaban J connectivity index is 1.84. The maximum absolute atomic E-state index is 13.8. The van der Waals surface area contributed by atoms with Gasteiger partial charge < -0.3 is 9.84 Å². The predicted molar refractivity (Wildman–Crippen MR) is 113 cm³/mol. The van der Waals surface area contributed by atoms with E-state index in [1.807, 2.05) is 39.0 Å². The molecule has 0 aromatic carbocycles. The number of Topliss-reactive ketones (excluding diaryl/α,β-unsaturated/α-hetero) is 1. The number of carbonyl (C=O) groups is 3. The number of aliphatic hydroxyl groups is 1. The molecule has 4 aliphatic rings. The number of rotatable bonds is 4. The molecule has 0 heterocycles. The standard InChI is InChI=1S/C25H31FO5/c1-5-21(30)31-25(20(29)13-26)14(2)10-18-17-7-6-15-11-16(27)8-9-23(15,3)22(17)19(28)12-24(18,25)4/h6-9,11,14,17-19,22,28H,5,10,12-13H2,1-4H3/t14-,17+,18+,19+,22-,23+,24+,25-/m1/s1. The lowest BCUT2D eigenvalue weighted by Gasteiger charge is -2.58. The summed E-state index contributed by atoms with van der Waals surface area (Å²) in [6.45, 7) is 6.19. The highest BCUT2D eigenvalue weighted by Gasteiger charge is 2.72. The van der Waals surface area contributed by atoms with Crippen molar-refractivity contribution in [3.05, 3.63) is 36.0 Å². The summed E-state index contributed by atoms with van der Waals surface area (Å²) in [7, 11) is 0. The number of allylic oxidation sites excluding steroid dienone is 6. The average Bonchev–Trinajstić information content (AvgIpc) is 2.94. The molecule has 168 valence electrons. The molecule has 0 radical (unpaired) electrons. The zero-order valence-electron chi connectivity index (χ0n) is 18.6. The number of ether oxygens (including phenoxy) is 1. The highest BCUT2D eigenvalue weighted by Crippen LogP contribution is 2.68. The molecular formula is C25H31FO5. The Labute approximate surface area is 182 Å². The number of aliphatic hydroxyl groups excluding tert-OH is 1. The van der Waals surface area contributed by atoms with Crippen LogP contribution in [0.2, 0.25) is 0 Å². The van der Waals surface area contributed by atoms with Gasteiger partial charge in [-0.15, -0.1) is 0 Å². The molecule has 31 heavy (non-hydrogen) atoms. The molecule has 6 heteroatoms. The highest BCUT2D eigenvalue weighted by molar-refractivity contribution is 6.01. The summed E-state index contributed by atoms with van der Waals surface area (Å²) >= 11 is 0. The zero-order chi connectivity index (χ0) is 22.8. The van der Waals surface area contributed by atoms with Gasteiger partial charge in [-0.2, -0.15) is 0 Å². The fraction of sp³-hybridized carbons (Fsp3) is 0.640. The topological polar surface area (TPSA) is 80.7 Å². The van der Waals surface area contributed by atoms with Gasteiger partial charge >= 0.3 is 5.97 Å². The van der Waals surface area contributed by atoms with Crippen LogP contribution in [0.25, 0.3) is 0 Å². The summed E-state index contributed by atoms with van der Waals surface area (Å²) in [5.74, 6) is -2.03. The van der Waals surface area contributed by atoms with Crippen LogP contribution in [0.5, 0.6) is 0 Å². The Kier molecular flexibility index (Phi) is 5.16. The third kappa shape index (κ3) is 2.80. The number of carbonyl (C=O) groups excluding carboxylic acids is 3. The molecule has 0 bridgehead atoms. The van der Waals surface area contributed by atoms with Crippen molar-refractivity contribution in [1.29, 1.82) is 0 Å². The van der Waals surface area contributed by atoms with Crippen molar-refractivity contribution in [2.24, 2.45) is 34.5 Å². The molecule has 2 saturated carbocycles. The van der Waals surface area contributed by atoms with Crippen molar-refractivity contribution < 1.29 is 28.6 Å². The van der Waals surface area contributed by atoms with E-state index in [4.69, 9.17) is 4.74 Å². The van der Waals surface area contributed by atoms with Crippen molar-refractivity contribution in [3.8, 4) is 0 Å². The van der Waals surface area contributed by atoms with Crippen LogP contribution in [0.1, 0.15) is 47.0 Å². The van der Waals surface area contributed by atoms with Crippen LogP contribution in [0.3, 0.4) is 0 Å². The second-order valence-corrected chi connectivity index (χ2v) is 10.1. The molecule has 0 spiro atoms. The number of hydrogen-bond acceptors (Lipinski definition) is 5. The Bertz CT molecular complexity index is 919. The van der Waals surface area contributed by atoms with E-state index in [1.165, 1.54) is 0 Å². The largest absolute Gasteiger partial charge is 0.450 e. The Morgan fingerprint density at radius 1 is 1.29 bits per heavy atom. The van der Waals surface area contributed by atoms with Gasteiger partial charge in [-0.05, 0) is 42.4 Å². The van der Waals surface area contributed by atoms with Gasteiger partial charge in [0, 0.05) is 29.1 Å². The highest BCUT2D eigenvalue weighted by atomic mass is 19.1. The summed E-state index contributed by atoms with van der Waals surface area (Å²) in [5, 5.41) is 11.4. The van der Waals surface area contributed by atoms with Gasteiger partial charge in [0.05, 0.1) is 6.10 Å². The summed E-state index contributed by atoms with van der Waals surface area (Å²) in [5.41, 5.74) is -2.11. The quantitative estimate of drug-likeness (QED) is 0.691. The molecule has 0 aromatic rings. The normalized spacial score (nSPS) is 45.4. The van der Waals surface area contributed by atoms with Gasteiger partial charge in [0.15, 0.2) is 18.1 Å².